The number of anilines is 1. The van der Waals surface area contributed by atoms with Crippen LogP contribution in [0.4, 0.5) is 5.69 Å². The van der Waals surface area contributed by atoms with Crippen LogP contribution >= 0.6 is 11.3 Å². The SMILES string of the molecule is CCn1c(=NC(=O)c2cccc(NS(=O)(=O)c3ccc(C)cc3)c2)sc2c(C)cc(C)cc21. The molecule has 0 aliphatic heterocycles. The number of nitrogens with zero attached hydrogens (tertiary/aromatic N) is 2. The first-order valence-corrected chi connectivity index (χ1v) is 12.9. The van der Waals surface area contributed by atoms with Crippen molar-refractivity contribution in [1.29, 1.82) is 0 Å². The van der Waals surface area contributed by atoms with Crippen molar-refractivity contribution in [3.8, 4) is 0 Å². The third-order valence-corrected chi connectivity index (χ3v) is 7.95. The average molecular weight is 480 g/mol. The van der Waals surface area contributed by atoms with E-state index in [4.69, 9.17) is 0 Å². The van der Waals surface area contributed by atoms with E-state index < -0.39 is 15.9 Å². The van der Waals surface area contributed by atoms with Crippen LogP contribution in [-0.2, 0) is 16.6 Å². The molecule has 1 aromatic heterocycles. The van der Waals surface area contributed by atoms with Crippen molar-refractivity contribution in [2.75, 3.05) is 4.72 Å². The second-order valence-electron chi connectivity index (χ2n) is 7.98. The van der Waals surface area contributed by atoms with Gasteiger partial charge in [0, 0.05) is 17.8 Å². The molecule has 6 nitrogen and oxygen atoms in total. The number of aryl methyl sites for hydroxylation is 4. The zero-order valence-electron chi connectivity index (χ0n) is 18.9. The Morgan fingerprint density at radius 2 is 1.73 bits per heavy atom. The number of fused-ring (bicyclic) bond motifs is 1. The van der Waals surface area contributed by atoms with Crippen molar-refractivity contribution >= 4 is 43.2 Å². The molecule has 33 heavy (non-hydrogen) atoms. The van der Waals surface area contributed by atoms with Gasteiger partial charge in [-0.3, -0.25) is 9.52 Å². The van der Waals surface area contributed by atoms with E-state index in [9.17, 15) is 13.2 Å². The van der Waals surface area contributed by atoms with Crippen LogP contribution in [-0.4, -0.2) is 18.9 Å². The summed E-state index contributed by atoms with van der Waals surface area (Å²) in [5.41, 5.74) is 4.96. The highest BCUT2D eigenvalue weighted by molar-refractivity contribution is 7.92. The van der Waals surface area contributed by atoms with Crippen LogP contribution < -0.4 is 9.52 Å². The highest BCUT2D eigenvalue weighted by Gasteiger charge is 2.15. The molecule has 0 spiro atoms. The van der Waals surface area contributed by atoms with Crippen LogP contribution in [0.15, 0.2) is 70.6 Å². The van der Waals surface area contributed by atoms with E-state index in [1.165, 1.54) is 17.4 Å². The number of rotatable bonds is 5. The Morgan fingerprint density at radius 3 is 2.42 bits per heavy atom. The number of amides is 1. The molecular formula is C25H25N3O3S2. The molecule has 1 heterocycles. The minimum atomic E-state index is -3.76. The Morgan fingerprint density at radius 1 is 1.00 bits per heavy atom. The standard InChI is InChI=1S/C25H25N3O3S2/c1-5-28-22-14-17(3)13-18(4)23(22)32-25(28)26-24(29)19-7-6-8-20(15-19)27-33(30,31)21-11-9-16(2)10-12-21/h6-15,27H,5H2,1-4H3. The minimum absolute atomic E-state index is 0.162. The molecular weight excluding hydrogens is 454 g/mol. The van der Waals surface area contributed by atoms with Gasteiger partial charge in [0.2, 0.25) is 0 Å². The molecule has 0 saturated carbocycles. The zero-order valence-corrected chi connectivity index (χ0v) is 20.5. The molecule has 1 amide bonds. The lowest BCUT2D eigenvalue weighted by Crippen LogP contribution is -2.16. The van der Waals surface area contributed by atoms with Gasteiger partial charge in [-0.1, -0.05) is 41.2 Å². The Balaban J connectivity index is 1.68. The number of carbonyl (C=O) groups excluding carboxylic acids is 1. The summed E-state index contributed by atoms with van der Waals surface area (Å²) in [6.07, 6.45) is 0. The first kappa shape index (κ1) is 22.9. The topological polar surface area (TPSA) is 80.5 Å². The lowest BCUT2D eigenvalue weighted by Gasteiger charge is -2.09. The Kier molecular flexibility index (Phi) is 6.23. The maximum atomic E-state index is 13.0. The molecule has 4 rings (SSSR count). The third-order valence-electron chi connectivity index (χ3n) is 5.32. The fourth-order valence-electron chi connectivity index (χ4n) is 3.70. The lowest BCUT2D eigenvalue weighted by atomic mass is 10.1. The first-order valence-electron chi connectivity index (χ1n) is 10.6. The Bertz CT molecular complexity index is 1530. The van der Waals surface area contributed by atoms with Crippen LogP contribution in [0.1, 0.15) is 34.0 Å². The van der Waals surface area contributed by atoms with E-state index in [1.807, 2.05) is 18.4 Å². The van der Waals surface area contributed by atoms with Crippen LogP contribution in [0.2, 0.25) is 0 Å². The number of benzene rings is 3. The van der Waals surface area contributed by atoms with Crippen molar-refractivity contribution in [3.05, 3.63) is 87.7 Å². The Hall–Kier alpha value is -3.23. The van der Waals surface area contributed by atoms with E-state index in [-0.39, 0.29) is 4.90 Å². The second kappa shape index (κ2) is 8.96. The molecule has 4 aromatic rings. The highest BCUT2D eigenvalue weighted by atomic mass is 32.2. The molecule has 8 heteroatoms. The summed E-state index contributed by atoms with van der Waals surface area (Å²) in [6, 6.07) is 17.2. The van der Waals surface area contributed by atoms with Gasteiger partial charge in [0.1, 0.15) is 0 Å². The summed E-state index contributed by atoms with van der Waals surface area (Å²) < 4.78 is 31.1. The summed E-state index contributed by atoms with van der Waals surface area (Å²) in [4.78, 5) is 18.1. The van der Waals surface area contributed by atoms with E-state index in [2.05, 4.69) is 35.7 Å². The number of sulfonamides is 1. The molecule has 0 saturated heterocycles. The van der Waals surface area contributed by atoms with Crippen molar-refractivity contribution < 1.29 is 13.2 Å². The highest BCUT2D eigenvalue weighted by Crippen LogP contribution is 2.24. The maximum absolute atomic E-state index is 13.0. The quantitative estimate of drug-likeness (QED) is 0.428. The van der Waals surface area contributed by atoms with Crippen molar-refractivity contribution in [3.63, 3.8) is 0 Å². The predicted octanol–water partition coefficient (Wildman–Crippen LogP) is 5.19. The monoisotopic (exact) mass is 479 g/mol. The molecule has 0 atom stereocenters. The van der Waals surface area contributed by atoms with Gasteiger partial charge in [0.25, 0.3) is 15.9 Å². The van der Waals surface area contributed by atoms with Crippen LogP contribution in [0, 0.1) is 20.8 Å². The summed E-state index contributed by atoms with van der Waals surface area (Å²) in [7, 11) is -3.76. The lowest BCUT2D eigenvalue weighted by molar-refractivity contribution is 0.0998. The molecule has 0 radical (unpaired) electrons. The summed E-state index contributed by atoms with van der Waals surface area (Å²) in [6.45, 7) is 8.71. The molecule has 0 bridgehead atoms. The van der Waals surface area contributed by atoms with Crippen LogP contribution in [0.3, 0.4) is 0 Å². The third kappa shape index (κ3) is 4.77. The van der Waals surface area contributed by atoms with Crippen molar-refractivity contribution in [2.45, 2.75) is 39.1 Å². The van der Waals surface area contributed by atoms with Gasteiger partial charge in [-0.25, -0.2) is 8.42 Å². The largest absolute Gasteiger partial charge is 0.317 e. The summed E-state index contributed by atoms with van der Waals surface area (Å²) in [5.74, 6) is -0.422. The Labute approximate surface area is 197 Å². The number of carbonyl (C=O) groups is 1. The fraction of sp³-hybridized carbons (Fsp3) is 0.200. The number of hydrogen-bond donors (Lipinski definition) is 1. The number of nitrogens with one attached hydrogen (secondary N) is 1. The minimum Gasteiger partial charge on any atom is -0.317 e. The van der Waals surface area contributed by atoms with E-state index >= 15 is 0 Å². The van der Waals surface area contributed by atoms with Gasteiger partial charge >= 0.3 is 0 Å². The van der Waals surface area contributed by atoms with Gasteiger partial charge in [-0.15, -0.1) is 0 Å². The van der Waals surface area contributed by atoms with Crippen molar-refractivity contribution in [1.82, 2.24) is 4.57 Å². The van der Waals surface area contributed by atoms with Gasteiger partial charge in [-0.2, -0.15) is 4.99 Å². The molecule has 0 aliphatic rings. The summed E-state index contributed by atoms with van der Waals surface area (Å²) in [5, 5.41) is 0. The molecule has 0 unspecified atom stereocenters. The van der Waals surface area contributed by atoms with E-state index in [0.717, 1.165) is 26.9 Å². The maximum Gasteiger partial charge on any atom is 0.279 e. The fourth-order valence-corrected chi connectivity index (χ4v) is 5.89. The molecule has 1 N–H and O–H groups in total. The number of hydrogen-bond acceptors (Lipinski definition) is 4. The van der Waals surface area contributed by atoms with Crippen molar-refractivity contribution in [2.24, 2.45) is 4.99 Å². The number of aromatic nitrogens is 1. The predicted molar refractivity (Wildman–Crippen MR) is 133 cm³/mol. The molecule has 170 valence electrons. The van der Waals surface area contributed by atoms with Crippen LogP contribution in [0.25, 0.3) is 10.2 Å². The van der Waals surface area contributed by atoms with E-state index in [0.29, 0.717) is 22.6 Å². The summed E-state index contributed by atoms with van der Waals surface area (Å²) >= 11 is 1.48. The van der Waals surface area contributed by atoms with Gasteiger partial charge in [-0.05, 0) is 75.2 Å². The van der Waals surface area contributed by atoms with Gasteiger partial charge in [0.15, 0.2) is 4.80 Å². The zero-order chi connectivity index (χ0) is 23.8. The average Bonchev–Trinajstić information content (AvgIpc) is 3.11. The van der Waals surface area contributed by atoms with Crippen LogP contribution in [0.5, 0.6) is 0 Å². The second-order valence-corrected chi connectivity index (χ2v) is 10.6. The molecule has 0 fully saturated rings. The van der Waals surface area contributed by atoms with Gasteiger partial charge in [0.05, 0.1) is 15.1 Å². The normalized spacial score (nSPS) is 12.3. The smallest absolute Gasteiger partial charge is 0.279 e. The van der Waals surface area contributed by atoms with E-state index in [1.54, 1.807) is 42.5 Å². The first-order chi connectivity index (χ1) is 15.7. The molecule has 3 aromatic carbocycles. The molecule has 0 aliphatic carbocycles. The number of thiazole rings is 1. The van der Waals surface area contributed by atoms with Gasteiger partial charge < -0.3 is 4.57 Å².